The van der Waals surface area contributed by atoms with Gasteiger partial charge in [-0.15, -0.1) is 0 Å². The number of likely N-dealkylation sites (tertiary alicyclic amines) is 1. The van der Waals surface area contributed by atoms with Gasteiger partial charge in [0.25, 0.3) is 0 Å². The van der Waals surface area contributed by atoms with E-state index in [0.717, 1.165) is 16.9 Å². The number of nitrogens with one attached hydrogen (secondary N) is 1. The molecule has 2 amide bonds. The minimum atomic E-state index is -0.869. The summed E-state index contributed by atoms with van der Waals surface area (Å²) in [4.78, 5) is 25.5. The topological polar surface area (TPSA) is 78.9 Å². The third-order valence-corrected chi connectivity index (χ3v) is 5.22. The number of benzene rings is 2. The molecule has 0 spiro atoms. The molecule has 0 aromatic heterocycles. The highest BCUT2D eigenvalue weighted by Crippen LogP contribution is 2.30. The third kappa shape index (κ3) is 4.63. The summed E-state index contributed by atoms with van der Waals surface area (Å²) in [6.07, 6.45) is 0.465. The number of ether oxygens (including phenoxy) is 1. The molecule has 1 unspecified atom stereocenters. The number of carboxylic acids is 1. The zero-order chi connectivity index (χ0) is 20.1. The fraction of sp³-hybridized carbons (Fsp3) is 0.364. The van der Waals surface area contributed by atoms with Crippen molar-refractivity contribution in [1.29, 1.82) is 0 Å². The standard InChI is InChI=1S/C22H26N2O4/c1-16(23-21(27)24-12-11-22(2,15-24)20(25)26)18-9-6-10-19(13-18)28-14-17-7-4-3-5-8-17/h3-10,13,16H,11-12,14-15H2,1-2H3,(H,23,27)(H,25,26)/t16-,22?/m1/s1. The second-order valence-electron chi connectivity index (χ2n) is 7.56. The number of aliphatic carboxylic acids is 1. The molecule has 2 aromatic rings. The molecule has 3 rings (SSSR count). The Morgan fingerprint density at radius 2 is 1.96 bits per heavy atom. The van der Waals surface area contributed by atoms with Crippen LogP contribution in [0.2, 0.25) is 0 Å². The molecule has 0 radical (unpaired) electrons. The van der Waals surface area contributed by atoms with Crippen molar-refractivity contribution < 1.29 is 19.4 Å². The maximum Gasteiger partial charge on any atom is 0.317 e. The monoisotopic (exact) mass is 382 g/mol. The Balaban J connectivity index is 1.58. The molecule has 2 N–H and O–H groups in total. The number of amides is 2. The Hall–Kier alpha value is -3.02. The molecule has 148 valence electrons. The first-order chi connectivity index (χ1) is 13.4. The first-order valence-corrected chi connectivity index (χ1v) is 9.43. The smallest absolute Gasteiger partial charge is 0.317 e. The lowest BCUT2D eigenvalue weighted by atomic mass is 9.90. The SMILES string of the molecule is C[C@@H](NC(=O)N1CCC(C)(C(=O)O)C1)c1cccc(OCc2ccccc2)c1. The molecule has 1 heterocycles. The van der Waals surface area contributed by atoms with E-state index in [4.69, 9.17) is 4.74 Å². The van der Waals surface area contributed by atoms with Crippen molar-refractivity contribution >= 4 is 12.0 Å². The number of hydrogen-bond acceptors (Lipinski definition) is 3. The van der Waals surface area contributed by atoms with Crippen LogP contribution in [0.4, 0.5) is 4.79 Å². The molecule has 6 nitrogen and oxygen atoms in total. The fourth-order valence-corrected chi connectivity index (χ4v) is 3.28. The van der Waals surface area contributed by atoms with Crippen LogP contribution in [0.5, 0.6) is 5.75 Å². The van der Waals surface area contributed by atoms with E-state index >= 15 is 0 Å². The lowest BCUT2D eigenvalue weighted by molar-refractivity contribution is -0.147. The van der Waals surface area contributed by atoms with Gasteiger partial charge < -0.3 is 20.1 Å². The lowest BCUT2D eigenvalue weighted by Crippen LogP contribution is -2.41. The third-order valence-electron chi connectivity index (χ3n) is 5.22. The summed E-state index contributed by atoms with van der Waals surface area (Å²) >= 11 is 0. The van der Waals surface area contributed by atoms with Gasteiger partial charge in [0, 0.05) is 13.1 Å². The van der Waals surface area contributed by atoms with Crippen LogP contribution in [-0.4, -0.2) is 35.1 Å². The summed E-state index contributed by atoms with van der Waals surface area (Å²) in [5, 5.41) is 12.3. The van der Waals surface area contributed by atoms with Crippen molar-refractivity contribution in [2.24, 2.45) is 5.41 Å². The average molecular weight is 382 g/mol. The number of urea groups is 1. The van der Waals surface area contributed by atoms with Crippen molar-refractivity contribution in [3.8, 4) is 5.75 Å². The van der Waals surface area contributed by atoms with E-state index in [9.17, 15) is 14.7 Å². The molecule has 6 heteroatoms. The predicted molar refractivity (Wildman–Crippen MR) is 106 cm³/mol. The first-order valence-electron chi connectivity index (χ1n) is 9.43. The van der Waals surface area contributed by atoms with Crippen LogP contribution >= 0.6 is 0 Å². The Morgan fingerprint density at radius 1 is 1.21 bits per heavy atom. The predicted octanol–water partition coefficient (Wildman–Crippen LogP) is 3.83. The number of hydrogen-bond donors (Lipinski definition) is 2. The van der Waals surface area contributed by atoms with Crippen LogP contribution in [0.25, 0.3) is 0 Å². The summed E-state index contributed by atoms with van der Waals surface area (Å²) in [7, 11) is 0. The van der Waals surface area contributed by atoms with E-state index in [2.05, 4.69) is 5.32 Å². The zero-order valence-electron chi connectivity index (χ0n) is 16.2. The highest BCUT2D eigenvalue weighted by atomic mass is 16.5. The second-order valence-corrected chi connectivity index (χ2v) is 7.56. The summed E-state index contributed by atoms with van der Waals surface area (Å²) in [5.41, 5.74) is 1.15. The molecule has 28 heavy (non-hydrogen) atoms. The van der Waals surface area contributed by atoms with Gasteiger partial charge in [-0.25, -0.2) is 4.79 Å². The summed E-state index contributed by atoms with van der Waals surface area (Å²) < 4.78 is 5.85. The normalized spacial score (nSPS) is 19.9. The number of nitrogens with zero attached hydrogens (tertiary/aromatic N) is 1. The summed E-state index contributed by atoms with van der Waals surface area (Å²) in [6, 6.07) is 17.1. The van der Waals surface area contributed by atoms with Crippen LogP contribution in [0.15, 0.2) is 54.6 Å². The minimum absolute atomic E-state index is 0.218. The summed E-state index contributed by atoms with van der Waals surface area (Å²) in [5.74, 6) is -0.124. The van der Waals surface area contributed by atoms with Crippen molar-refractivity contribution in [1.82, 2.24) is 10.2 Å². The number of rotatable bonds is 6. The van der Waals surface area contributed by atoms with Crippen LogP contribution in [0, 0.1) is 5.41 Å². The van der Waals surface area contributed by atoms with Gasteiger partial charge in [-0.3, -0.25) is 4.79 Å². The second kappa shape index (κ2) is 8.33. The first kappa shape index (κ1) is 19.7. The Kier molecular flexibility index (Phi) is 5.87. The highest BCUT2D eigenvalue weighted by molar-refractivity contribution is 5.79. The molecule has 1 saturated heterocycles. The van der Waals surface area contributed by atoms with Crippen molar-refractivity contribution in [3.05, 3.63) is 65.7 Å². The van der Waals surface area contributed by atoms with Gasteiger partial charge >= 0.3 is 12.0 Å². The molecule has 2 atom stereocenters. The maximum atomic E-state index is 12.5. The molecule has 2 aromatic carbocycles. The number of carbonyl (C=O) groups excluding carboxylic acids is 1. The van der Waals surface area contributed by atoms with Crippen molar-refractivity contribution in [2.45, 2.75) is 32.9 Å². The van der Waals surface area contributed by atoms with Crippen LogP contribution in [0.1, 0.15) is 37.4 Å². The molecule has 0 saturated carbocycles. The quantitative estimate of drug-likeness (QED) is 0.796. The maximum absolute atomic E-state index is 12.5. The minimum Gasteiger partial charge on any atom is -0.489 e. The van der Waals surface area contributed by atoms with Gasteiger partial charge in [0.15, 0.2) is 0 Å². The molecule has 1 fully saturated rings. The molecular formula is C22H26N2O4. The molecule has 0 aliphatic carbocycles. The van der Waals surface area contributed by atoms with Crippen molar-refractivity contribution in [2.75, 3.05) is 13.1 Å². The molecule has 1 aliphatic rings. The number of carboxylic acid groups (broad SMARTS) is 1. The molecule has 1 aliphatic heterocycles. The Bertz CT molecular complexity index is 839. The van der Waals surface area contributed by atoms with E-state index in [1.807, 2.05) is 61.5 Å². The van der Waals surface area contributed by atoms with Gasteiger partial charge in [0.1, 0.15) is 12.4 Å². The van der Waals surface area contributed by atoms with Crippen LogP contribution in [0.3, 0.4) is 0 Å². The van der Waals surface area contributed by atoms with Crippen LogP contribution in [-0.2, 0) is 11.4 Å². The molecular weight excluding hydrogens is 356 g/mol. The van der Waals surface area contributed by atoms with Crippen molar-refractivity contribution in [3.63, 3.8) is 0 Å². The average Bonchev–Trinajstić information content (AvgIpc) is 3.11. The highest BCUT2D eigenvalue weighted by Gasteiger charge is 2.42. The lowest BCUT2D eigenvalue weighted by Gasteiger charge is -2.23. The van der Waals surface area contributed by atoms with E-state index < -0.39 is 11.4 Å². The Labute approximate surface area is 165 Å². The van der Waals surface area contributed by atoms with E-state index in [-0.39, 0.29) is 18.6 Å². The zero-order valence-corrected chi connectivity index (χ0v) is 16.2. The summed E-state index contributed by atoms with van der Waals surface area (Å²) in [6.45, 7) is 4.73. The Morgan fingerprint density at radius 3 is 2.64 bits per heavy atom. The number of carbonyl (C=O) groups is 2. The fourth-order valence-electron chi connectivity index (χ4n) is 3.28. The van der Waals surface area contributed by atoms with Gasteiger partial charge in [-0.2, -0.15) is 0 Å². The van der Waals surface area contributed by atoms with Gasteiger partial charge in [-0.05, 0) is 43.5 Å². The van der Waals surface area contributed by atoms with E-state index in [1.165, 1.54) is 0 Å². The van der Waals surface area contributed by atoms with E-state index in [0.29, 0.717) is 19.6 Å². The van der Waals surface area contributed by atoms with Gasteiger partial charge in [0.2, 0.25) is 0 Å². The van der Waals surface area contributed by atoms with Crippen LogP contribution < -0.4 is 10.1 Å². The van der Waals surface area contributed by atoms with Gasteiger partial charge in [0.05, 0.1) is 11.5 Å². The largest absolute Gasteiger partial charge is 0.489 e. The van der Waals surface area contributed by atoms with E-state index in [1.54, 1.807) is 11.8 Å². The molecule has 0 bridgehead atoms. The van der Waals surface area contributed by atoms with Gasteiger partial charge in [-0.1, -0.05) is 42.5 Å².